The van der Waals surface area contributed by atoms with Crippen LogP contribution in [0.1, 0.15) is 28.5 Å². The summed E-state index contributed by atoms with van der Waals surface area (Å²) in [5.41, 5.74) is 0.986. The number of hydrogen-bond acceptors (Lipinski definition) is 4. The summed E-state index contributed by atoms with van der Waals surface area (Å²) in [5, 5.41) is 13.0. The predicted octanol–water partition coefficient (Wildman–Crippen LogP) is -0.148. The van der Waals surface area contributed by atoms with Crippen LogP contribution >= 0.6 is 0 Å². The van der Waals surface area contributed by atoms with Crippen LogP contribution < -0.4 is 5.56 Å². The molecule has 1 amide bonds. The fourth-order valence-corrected chi connectivity index (χ4v) is 1.78. The maximum absolute atomic E-state index is 12.3. The minimum absolute atomic E-state index is 0.122. The Hall–Kier alpha value is -1.69. The van der Waals surface area contributed by atoms with Crippen molar-refractivity contribution in [3.05, 3.63) is 27.2 Å². The fourth-order valence-electron chi connectivity index (χ4n) is 1.78. The van der Waals surface area contributed by atoms with Crippen molar-refractivity contribution < 1.29 is 9.90 Å². The number of nitrogens with zero attached hydrogens (tertiary/aromatic N) is 3. The number of rotatable bonds is 4. The summed E-state index contributed by atoms with van der Waals surface area (Å²) in [7, 11) is 1.52. The highest BCUT2D eigenvalue weighted by atomic mass is 16.3. The van der Waals surface area contributed by atoms with Gasteiger partial charge in [-0.05, 0) is 26.3 Å². The SMILES string of the molecule is CCN(CCO)C(=O)c1c(C)c(C)nn(C)c1=O. The van der Waals surface area contributed by atoms with Crippen LogP contribution in [0.3, 0.4) is 0 Å². The number of amides is 1. The highest BCUT2D eigenvalue weighted by Gasteiger charge is 2.22. The molecule has 0 atom stereocenters. The minimum atomic E-state index is -0.403. The molecule has 0 unspecified atom stereocenters. The van der Waals surface area contributed by atoms with Crippen LogP contribution in [0.5, 0.6) is 0 Å². The maximum atomic E-state index is 12.3. The molecule has 6 heteroatoms. The number of aryl methyl sites for hydroxylation is 2. The van der Waals surface area contributed by atoms with E-state index in [9.17, 15) is 9.59 Å². The number of carbonyl (C=O) groups excluding carboxylic acids is 1. The molecular weight excluding hydrogens is 234 g/mol. The first-order valence-electron chi connectivity index (χ1n) is 5.88. The van der Waals surface area contributed by atoms with Crippen molar-refractivity contribution in [2.45, 2.75) is 20.8 Å². The van der Waals surface area contributed by atoms with Crippen molar-refractivity contribution in [2.75, 3.05) is 19.7 Å². The molecule has 0 fully saturated rings. The lowest BCUT2D eigenvalue weighted by Crippen LogP contribution is -2.39. The summed E-state index contributed by atoms with van der Waals surface area (Å²) in [6.07, 6.45) is 0. The van der Waals surface area contributed by atoms with Gasteiger partial charge in [0.2, 0.25) is 0 Å². The Kier molecular flexibility index (Phi) is 4.61. The van der Waals surface area contributed by atoms with Gasteiger partial charge < -0.3 is 10.0 Å². The molecule has 100 valence electrons. The van der Waals surface area contributed by atoms with E-state index in [2.05, 4.69) is 5.10 Å². The summed E-state index contributed by atoms with van der Waals surface area (Å²) in [6, 6.07) is 0. The normalized spacial score (nSPS) is 10.5. The molecule has 1 aromatic rings. The number of likely N-dealkylation sites (N-methyl/N-ethyl adjacent to an activating group) is 1. The number of carbonyl (C=O) groups is 1. The smallest absolute Gasteiger partial charge is 0.279 e. The molecule has 0 saturated carbocycles. The standard InChI is InChI=1S/C12H19N3O3/c1-5-15(6-7-16)12(18)10-8(2)9(3)13-14(4)11(10)17/h16H,5-7H2,1-4H3. The lowest BCUT2D eigenvalue weighted by molar-refractivity contribution is 0.0728. The summed E-state index contributed by atoms with van der Waals surface area (Å²) in [5.74, 6) is -0.352. The van der Waals surface area contributed by atoms with Gasteiger partial charge in [-0.15, -0.1) is 0 Å². The van der Waals surface area contributed by atoms with Crippen LogP contribution in [0.4, 0.5) is 0 Å². The second-order valence-corrected chi connectivity index (χ2v) is 4.12. The Morgan fingerprint density at radius 2 is 2.06 bits per heavy atom. The molecule has 1 N–H and O–H groups in total. The van der Waals surface area contributed by atoms with Crippen molar-refractivity contribution in [3.63, 3.8) is 0 Å². The van der Waals surface area contributed by atoms with Crippen molar-refractivity contribution in [3.8, 4) is 0 Å². The van der Waals surface area contributed by atoms with E-state index in [1.54, 1.807) is 20.8 Å². The van der Waals surface area contributed by atoms with Gasteiger partial charge in [0, 0.05) is 20.1 Å². The van der Waals surface area contributed by atoms with Crippen LogP contribution in [-0.2, 0) is 7.05 Å². The molecule has 1 heterocycles. The third-order valence-electron chi connectivity index (χ3n) is 2.98. The molecule has 0 saturated heterocycles. The van der Waals surface area contributed by atoms with E-state index >= 15 is 0 Å². The van der Waals surface area contributed by atoms with Gasteiger partial charge in [0.1, 0.15) is 5.56 Å². The van der Waals surface area contributed by atoms with Gasteiger partial charge in [-0.3, -0.25) is 9.59 Å². The lowest BCUT2D eigenvalue weighted by Gasteiger charge is -2.20. The predicted molar refractivity (Wildman–Crippen MR) is 67.6 cm³/mol. The first kappa shape index (κ1) is 14.4. The van der Waals surface area contributed by atoms with Crippen molar-refractivity contribution in [1.82, 2.24) is 14.7 Å². The Morgan fingerprint density at radius 3 is 2.56 bits per heavy atom. The quantitative estimate of drug-likeness (QED) is 0.810. The molecule has 0 bridgehead atoms. The number of aliphatic hydroxyl groups is 1. The third-order valence-corrected chi connectivity index (χ3v) is 2.98. The first-order valence-corrected chi connectivity index (χ1v) is 5.88. The zero-order chi connectivity index (χ0) is 13.9. The van der Waals surface area contributed by atoms with Gasteiger partial charge in [-0.1, -0.05) is 0 Å². The molecule has 0 aliphatic rings. The van der Waals surface area contributed by atoms with E-state index < -0.39 is 5.56 Å². The first-order chi connectivity index (χ1) is 8.43. The third kappa shape index (κ3) is 2.59. The highest BCUT2D eigenvalue weighted by molar-refractivity contribution is 5.95. The molecule has 0 spiro atoms. The summed E-state index contributed by atoms with van der Waals surface area (Å²) in [4.78, 5) is 25.7. The average molecular weight is 253 g/mol. The molecular formula is C12H19N3O3. The Labute approximate surface area is 106 Å². The van der Waals surface area contributed by atoms with E-state index in [0.29, 0.717) is 17.8 Å². The zero-order valence-electron chi connectivity index (χ0n) is 11.2. The van der Waals surface area contributed by atoms with E-state index in [1.807, 2.05) is 0 Å². The Morgan fingerprint density at radius 1 is 1.44 bits per heavy atom. The highest BCUT2D eigenvalue weighted by Crippen LogP contribution is 2.09. The summed E-state index contributed by atoms with van der Waals surface area (Å²) < 4.78 is 1.17. The Bertz CT molecular complexity index is 508. The number of aromatic nitrogens is 2. The van der Waals surface area contributed by atoms with Crippen LogP contribution in [-0.4, -0.2) is 45.4 Å². The second kappa shape index (κ2) is 5.77. The largest absolute Gasteiger partial charge is 0.395 e. The number of aliphatic hydroxyl groups excluding tert-OH is 1. The minimum Gasteiger partial charge on any atom is -0.395 e. The van der Waals surface area contributed by atoms with Gasteiger partial charge in [0.15, 0.2) is 0 Å². The van der Waals surface area contributed by atoms with Crippen molar-refractivity contribution >= 4 is 5.91 Å². The summed E-state index contributed by atoms with van der Waals surface area (Å²) in [6.45, 7) is 5.82. The Balaban J connectivity index is 3.32. The van der Waals surface area contributed by atoms with Crippen LogP contribution in [0, 0.1) is 13.8 Å². The van der Waals surface area contributed by atoms with Gasteiger partial charge in [0.05, 0.1) is 12.3 Å². The summed E-state index contributed by atoms with van der Waals surface area (Å²) >= 11 is 0. The second-order valence-electron chi connectivity index (χ2n) is 4.12. The van der Waals surface area contributed by atoms with Crippen molar-refractivity contribution in [1.29, 1.82) is 0 Å². The molecule has 0 aliphatic carbocycles. The van der Waals surface area contributed by atoms with E-state index in [-0.39, 0.29) is 24.6 Å². The fraction of sp³-hybridized carbons (Fsp3) is 0.583. The molecule has 0 radical (unpaired) electrons. The topological polar surface area (TPSA) is 75.4 Å². The number of hydrogen-bond donors (Lipinski definition) is 1. The van der Waals surface area contributed by atoms with E-state index in [1.165, 1.54) is 16.6 Å². The van der Waals surface area contributed by atoms with Crippen molar-refractivity contribution in [2.24, 2.45) is 7.05 Å². The van der Waals surface area contributed by atoms with E-state index in [4.69, 9.17) is 5.11 Å². The molecule has 1 aromatic heterocycles. The van der Waals surface area contributed by atoms with Crippen LogP contribution in [0.25, 0.3) is 0 Å². The van der Waals surface area contributed by atoms with Crippen LogP contribution in [0.15, 0.2) is 4.79 Å². The average Bonchev–Trinajstić information content (AvgIpc) is 2.33. The van der Waals surface area contributed by atoms with Gasteiger partial charge in [0.25, 0.3) is 11.5 Å². The van der Waals surface area contributed by atoms with Crippen LogP contribution in [0.2, 0.25) is 0 Å². The molecule has 0 aliphatic heterocycles. The zero-order valence-corrected chi connectivity index (χ0v) is 11.2. The van der Waals surface area contributed by atoms with Gasteiger partial charge in [-0.25, -0.2) is 4.68 Å². The molecule has 18 heavy (non-hydrogen) atoms. The lowest BCUT2D eigenvalue weighted by atomic mass is 10.1. The molecule has 0 aromatic carbocycles. The molecule has 6 nitrogen and oxygen atoms in total. The monoisotopic (exact) mass is 253 g/mol. The van der Waals surface area contributed by atoms with E-state index in [0.717, 1.165) is 0 Å². The van der Waals surface area contributed by atoms with Gasteiger partial charge >= 0.3 is 0 Å². The molecule has 1 rings (SSSR count). The maximum Gasteiger partial charge on any atom is 0.279 e. The van der Waals surface area contributed by atoms with Gasteiger partial charge in [-0.2, -0.15) is 5.10 Å².